The summed E-state index contributed by atoms with van der Waals surface area (Å²) in [6.07, 6.45) is 18.9. The van der Waals surface area contributed by atoms with Crippen molar-refractivity contribution in [3.05, 3.63) is 412 Å². The molecule has 0 aliphatic rings. The van der Waals surface area contributed by atoms with Crippen LogP contribution in [-0.2, 0) is 98.7 Å². The molecule has 0 aliphatic carbocycles. The van der Waals surface area contributed by atoms with Crippen molar-refractivity contribution in [2.45, 2.75) is 158 Å². The van der Waals surface area contributed by atoms with E-state index in [1.165, 1.54) is 49.4 Å². The molecule has 4 radical (unpaired) electrons. The van der Waals surface area contributed by atoms with Gasteiger partial charge in [-0.2, -0.15) is 0 Å². The van der Waals surface area contributed by atoms with Crippen LogP contribution in [0.5, 0.6) is 0 Å². The summed E-state index contributed by atoms with van der Waals surface area (Å²) < 4.78 is 0. The van der Waals surface area contributed by atoms with Crippen molar-refractivity contribution in [2.75, 3.05) is 0 Å². The first-order valence-corrected chi connectivity index (χ1v) is 56.9. The van der Waals surface area contributed by atoms with E-state index < -0.39 is 32.3 Å². The minimum absolute atomic E-state index is 0. The molecule has 16 heteroatoms. The fourth-order valence-electron chi connectivity index (χ4n) is 13.5. The van der Waals surface area contributed by atoms with E-state index in [-0.39, 0.29) is 85.8 Å². The molecule has 16 aromatic rings. The Morgan fingerprint density at radius 1 is 0.266 bits per heavy atom. The molecular formula is C112H120Ir4N8Si4-8. The van der Waals surface area contributed by atoms with Crippen LogP contribution in [0.2, 0.25) is 78.6 Å². The van der Waals surface area contributed by atoms with Gasteiger partial charge in [0.25, 0.3) is 0 Å². The first-order chi connectivity index (χ1) is 59.5. The second-order valence-corrected chi connectivity index (χ2v) is 55.5. The number of aromatic nitrogens is 8. The molecule has 0 bridgehead atoms. The SMILES string of the molecule is CC(C)(C)c1cc(-c2[c-]cccc2)ncc1[Si](C)(C)C.CC(C)c1cc(-c2[c-]cccc2)ncc1[Si](C)(C)C.CCCc1cc(-c2[c-]cccc2)ncc1[Si](C)(C)C.CCc1cc(-c2[c-]cccc2)ncc1[Si](C)(C)C.[Ir].[Ir].[Ir].[Ir].[c-]1ccccc1-c1ccccn1.[c-]1ccccc1-c1ccccn1.[c-]1ccccc1-c1ccccn1.[c-]1ccccc1-c1ccccn1. The van der Waals surface area contributed by atoms with Gasteiger partial charge < -0.3 is 39.9 Å². The Kier molecular flexibility index (Phi) is 46.6. The summed E-state index contributed by atoms with van der Waals surface area (Å²) in [4.78, 5) is 35.5. The predicted molar refractivity (Wildman–Crippen MR) is 536 cm³/mol. The molecule has 0 fully saturated rings. The molecule has 0 amide bonds. The summed E-state index contributed by atoms with van der Waals surface area (Å²) in [6.45, 7) is 44.4. The summed E-state index contributed by atoms with van der Waals surface area (Å²) in [5.41, 5.74) is 22.4. The molecule has 0 spiro atoms. The van der Waals surface area contributed by atoms with E-state index in [1.807, 2.05) is 243 Å². The van der Waals surface area contributed by atoms with Crippen LogP contribution in [0, 0.1) is 48.5 Å². The van der Waals surface area contributed by atoms with Crippen molar-refractivity contribution in [3.8, 4) is 90.1 Å². The Hall–Kier alpha value is -9.58. The van der Waals surface area contributed by atoms with Crippen molar-refractivity contribution < 1.29 is 80.4 Å². The van der Waals surface area contributed by atoms with Gasteiger partial charge in [0.15, 0.2) is 0 Å². The molecule has 668 valence electrons. The molecule has 0 saturated carbocycles. The van der Waals surface area contributed by atoms with Crippen LogP contribution in [0.4, 0.5) is 0 Å². The quantitative estimate of drug-likeness (QED) is 0.0696. The van der Waals surface area contributed by atoms with Crippen molar-refractivity contribution in [1.29, 1.82) is 0 Å². The van der Waals surface area contributed by atoms with Gasteiger partial charge in [-0.05, 0) is 120 Å². The van der Waals surface area contributed by atoms with Crippen LogP contribution < -0.4 is 20.7 Å². The van der Waals surface area contributed by atoms with Gasteiger partial charge in [0.1, 0.15) is 0 Å². The Morgan fingerprint density at radius 2 is 0.500 bits per heavy atom. The van der Waals surface area contributed by atoms with Gasteiger partial charge in [0, 0.05) is 130 Å². The first-order valence-electron chi connectivity index (χ1n) is 42.9. The number of aryl methyl sites for hydroxylation is 2. The average Bonchev–Trinajstić information content (AvgIpc) is 0.783. The fourth-order valence-corrected chi connectivity index (χ4v) is 20.1. The Labute approximate surface area is 824 Å². The third-order valence-electron chi connectivity index (χ3n) is 19.9. The molecule has 0 aliphatic heterocycles. The van der Waals surface area contributed by atoms with Gasteiger partial charge in [0.05, 0.1) is 32.3 Å². The largest absolute Gasteiger partial charge is 0.305 e. The number of rotatable bonds is 16. The van der Waals surface area contributed by atoms with Crippen molar-refractivity contribution >= 4 is 53.0 Å². The fraction of sp³-hybridized carbons (Fsp3) is 0.214. The maximum atomic E-state index is 4.69. The molecule has 0 N–H and O–H groups in total. The Bertz CT molecular complexity index is 5290. The summed E-state index contributed by atoms with van der Waals surface area (Å²) in [7, 11) is -5.33. The van der Waals surface area contributed by atoms with E-state index >= 15 is 0 Å². The summed E-state index contributed by atoms with van der Waals surface area (Å²) in [5, 5.41) is 5.91. The monoisotopic (exact) mass is 2460 g/mol. The van der Waals surface area contributed by atoms with E-state index in [1.54, 1.807) is 24.8 Å². The number of hydrogen-bond acceptors (Lipinski definition) is 8. The minimum Gasteiger partial charge on any atom is -0.305 e. The van der Waals surface area contributed by atoms with Crippen molar-refractivity contribution in [1.82, 2.24) is 39.9 Å². The first kappa shape index (κ1) is 109. The van der Waals surface area contributed by atoms with Crippen molar-refractivity contribution in [2.24, 2.45) is 0 Å². The maximum Gasteiger partial charge on any atom is 0.0799 e. The van der Waals surface area contributed by atoms with Crippen LogP contribution in [0.15, 0.2) is 341 Å². The molecule has 16 rings (SSSR count). The smallest absolute Gasteiger partial charge is 0.0799 e. The van der Waals surface area contributed by atoms with Gasteiger partial charge in [-0.15, -0.1) is 287 Å². The second-order valence-electron chi connectivity index (χ2n) is 35.3. The molecule has 8 heterocycles. The van der Waals surface area contributed by atoms with Crippen LogP contribution in [-0.4, -0.2) is 72.2 Å². The predicted octanol–water partition coefficient (Wildman–Crippen LogP) is 26.5. The van der Waals surface area contributed by atoms with Gasteiger partial charge in [-0.25, -0.2) is 0 Å². The molecule has 8 aromatic heterocycles. The van der Waals surface area contributed by atoms with E-state index in [9.17, 15) is 0 Å². The third kappa shape index (κ3) is 35.4. The summed E-state index contributed by atoms with van der Waals surface area (Å²) in [5.74, 6) is 0.534. The number of pyridine rings is 8. The average molecular weight is 2460 g/mol. The maximum absolute atomic E-state index is 4.69. The van der Waals surface area contributed by atoms with Gasteiger partial charge >= 0.3 is 0 Å². The number of hydrogen-bond donors (Lipinski definition) is 0. The normalized spacial score (nSPS) is 10.7. The summed E-state index contributed by atoms with van der Waals surface area (Å²) in [6, 6.07) is 121. The van der Waals surface area contributed by atoms with Crippen molar-refractivity contribution in [3.63, 3.8) is 0 Å². The van der Waals surface area contributed by atoms with Crippen LogP contribution in [0.3, 0.4) is 0 Å². The van der Waals surface area contributed by atoms with Crippen LogP contribution in [0.25, 0.3) is 90.1 Å². The molecule has 0 saturated heterocycles. The Morgan fingerprint density at radius 3 is 0.727 bits per heavy atom. The molecule has 8 aromatic carbocycles. The second kappa shape index (κ2) is 54.8. The van der Waals surface area contributed by atoms with Crippen LogP contribution >= 0.6 is 0 Å². The van der Waals surface area contributed by atoms with Crippen LogP contribution in [0.1, 0.15) is 83.1 Å². The van der Waals surface area contributed by atoms with E-state index in [0.29, 0.717) is 5.92 Å². The van der Waals surface area contributed by atoms with E-state index in [0.717, 1.165) is 103 Å². The summed E-state index contributed by atoms with van der Waals surface area (Å²) >= 11 is 0. The zero-order chi connectivity index (χ0) is 89.0. The zero-order valence-corrected chi connectivity index (χ0v) is 91.0. The van der Waals surface area contributed by atoms with Gasteiger partial charge in [-0.3, -0.25) is 0 Å². The number of benzene rings is 8. The molecule has 8 nitrogen and oxygen atoms in total. The van der Waals surface area contributed by atoms with Gasteiger partial charge in [-0.1, -0.05) is 223 Å². The third-order valence-corrected chi connectivity index (χ3v) is 28.1. The molecule has 0 atom stereocenters. The topological polar surface area (TPSA) is 103 Å². The Balaban J connectivity index is 0.000000260. The standard InChI is InChI=1S/C18H24NSi.2C17H22NSi.C16H20NSi.4C11H8N.4Ir/c1-18(2,3)15-12-16(14-10-8-7-9-11-14)19-13-17(15)20(4,5)6;1-13(2)15-11-16(14-9-7-6-8-10-14)18-12-17(15)19(3,4)5;1-5-9-15-12-16(14-10-7-6-8-11-14)18-13-17(15)19(2,3)4;1-5-13-11-15(14-9-7-6-8-10-14)17-12-16(13)18(2,3)4;4*1-2-6-10(7-3-1)11-8-4-5-9-12-11;;;;/h7-10,12-13H,1-6H3;6-9,11-13H,1-5H3;6-8,10,12-13H,5,9H2,1-4H3;6-9,11-12H,5H2,1-4H3;4*1-6,8-9H;;;;/q8*-1;;;;. The van der Waals surface area contributed by atoms with E-state index in [4.69, 9.17) is 4.98 Å². The van der Waals surface area contributed by atoms with E-state index in [2.05, 4.69) is 284 Å². The number of nitrogens with zero attached hydrogens (tertiary/aromatic N) is 8. The molecule has 128 heavy (non-hydrogen) atoms. The minimum atomic E-state index is -1.38. The molecular weight excluding hydrogens is 2340 g/mol. The molecule has 0 unspecified atom stereocenters. The van der Waals surface area contributed by atoms with Gasteiger partial charge in [0.2, 0.25) is 0 Å². The zero-order valence-electron chi connectivity index (χ0n) is 77.4.